The molecule has 0 saturated carbocycles. The maximum Gasteiger partial charge on any atom is 0.322 e. The first-order valence-electron chi connectivity index (χ1n) is 8.31. The van der Waals surface area contributed by atoms with Gasteiger partial charge in [0.25, 0.3) is 0 Å². The van der Waals surface area contributed by atoms with Crippen LogP contribution in [-0.4, -0.2) is 35.2 Å². The molecule has 1 heterocycles. The molecule has 0 bridgehead atoms. The molecule has 0 unspecified atom stereocenters. The molecule has 1 fully saturated rings. The second-order valence-electron chi connectivity index (χ2n) is 6.05. The van der Waals surface area contributed by atoms with Crippen LogP contribution in [0.3, 0.4) is 0 Å². The molecular weight excluding hydrogens is 323 g/mol. The Kier molecular flexibility index (Phi) is 5.50. The number of hydrogen-bond donors (Lipinski definition) is 2. The minimum Gasteiger partial charge on any atom is -0.489 e. The van der Waals surface area contributed by atoms with Gasteiger partial charge in [0.1, 0.15) is 18.2 Å². The van der Waals surface area contributed by atoms with E-state index in [1.54, 1.807) is 41.3 Å². The Bertz CT molecular complexity index is 721. The normalized spacial score (nSPS) is 16.7. The smallest absolute Gasteiger partial charge is 0.322 e. The number of carbonyl (C=O) groups is 1. The fourth-order valence-corrected chi connectivity index (χ4v) is 2.90. The van der Waals surface area contributed by atoms with Crippen LogP contribution in [0, 0.1) is 5.82 Å². The molecule has 1 saturated heterocycles. The van der Waals surface area contributed by atoms with E-state index in [1.165, 1.54) is 12.1 Å². The van der Waals surface area contributed by atoms with E-state index in [9.17, 15) is 14.3 Å². The number of ether oxygens (including phenoxy) is 1. The van der Waals surface area contributed by atoms with Crippen molar-refractivity contribution in [3.8, 4) is 5.75 Å². The van der Waals surface area contributed by atoms with Crippen molar-refractivity contribution in [2.24, 2.45) is 0 Å². The van der Waals surface area contributed by atoms with E-state index >= 15 is 0 Å². The van der Waals surface area contributed by atoms with E-state index in [0.717, 1.165) is 18.4 Å². The Balaban J connectivity index is 1.59. The number of carbonyl (C=O) groups excluding carboxylic acids is 1. The molecule has 6 heteroatoms. The van der Waals surface area contributed by atoms with Crippen LogP contribution in [0.1, 0.15) is 18.4 Å². The van der Waals surface area contributed by atoms with E-state index in [0.29, 0.717) is 24.6 Å². The zero-order valence-electron chi connectivity index (χ0n) is 13.8. The highest BCUT2D eigenvalue weighted by Gasteiger charge is 2.27. The standard InChI is InChI=1S/C19H21FN2O3/c20-15-8-6-14(7-9-15)13-25-18-5-1-3-16(11-18)21-19(24)22-10-2-4-17(22)12-23/h1,3,5-9,11,17,23H,2,4,10,12-13H2,(H,21,24)/t17-/m0/s1. The number of aliphatic hydroxyl groups is 1. The number of aliphatic hydroxyl groups excluding tert-OH is 1. The Morgan fingerprint density at radius 3 is 2.84 bits per heavy atom. The second kappa shape index (κ2) is 7.98. The summed E-state index contributed by atoms with van der Waals surface area (Å²) in [6.07, 6.45) is 1.73. The highest BCUT2D eigenvalue weighted by atomic mass is 19.1. The van der Waals surface area contributed by atoms with E-state index in [4.69, 9.17) is 4.74 Å². The summed E-state index contributed by atoms with van der Waals surface area (Å²) in [5.74, 6) is 0.332. The van der Waals surface area contributed by atoms with Crippen molar-refractivity contribution < 1.29 is 19.0 Å². The van der Waals surface area contributed by atoms with Crippen LogP contribution in [0.4, 0.5) is 14.9 Å². The predicted octanol–water partition coefficient (Wildman–Crippen LogP) is 3.39. The summed E-state index contributed by atoms with van der Waals surface area (Å²) in [6.45, 7) is 0.947. The van der Waals surface area contributed by atoms with Gasteiger partial charge in [0.15, 0.2) is 0 Å². The van der Waals surface area contributed by atoms with E-state index in [1.807, 2.05) is 0 Å². The average Bonchev–Trinajstić information content (AvgIpc) is 3.10. The van der Waals surface area contributed by atoms with Crippen LogP contribution in [0.15, 0.2) is 48.5 Å². The molecule has 2 aromatic carbocycles. The van der Waals surface area contributed by atoms with Crippen LogP contribution in [0.25, 0.3) is 0 Å². The van der Waals surface area contributed by atoms with Crippen LogP contribution in [0.2, 0.25) is 0 Å². The van der Waals surface area contributed by atoms with Crippen LogP contribution in [-0.2, 0) is 6.61 Å². The van der Waals surface area contributed by atoms with Gasteiger partial charge in [-0.15, -0.1) is 0 Å². The Hall–Kier alpha value is -2.60. The number of nitrogens with zero attached hydrogens (tertiary/aromatic N) is 1. The highest BCUT2D eigenvalue weighted by Crippen LogP contribution is 2.21. The number of urea groups is 1. The summed E-state index contributed by atoms with van der Waals surface area (Å²) in [4.78, 5) is 14.0. The third kappa shape index (κ3) is 4.48. The Morgan fingerprint density at radius 2 is 2.08 bits per heavy atom. The third-order valence-corrected chi connectivity index (χ3v) is 4.25. The molecule has 5 nitrogen and oxygen atoms in total. The molecular formula is C19H21FN2O3. The lowest BCUT2D eigenvalue weighted by atomic mass is 10.2. The summed E-state index contributed by atoms with van der Waals surface area (Å²) >= 11 is 0. The predicted molar refractivity (Wildman–Crippen MR) is 93.0 cm³/mol. The maximum atomic E-state index is 12.9. The molecule has 0 aliphatic carbocycles. The molecule has 0 spiro atoms. The summed E-state index contributed by atoms with van der Waals surface area (Å²) in [5, 5.41) is 12.2. The zero-order valence-corrected chi connectivity index (χ0v) is 13.8. The van der Waals surface area contributed by atoms with Gasteiger partial charge in [0.2, 0.25) is 0 Å². The Labute approximate surface area is 146 Å². The lowest BCUT2D eigenvalue weighted by Gasteiger charge is -2.23. The lowest BCUT2D eigenvalue weighted by Crippen LogP contribution is -2.40. The van der Waals surface area contributed by atoms with Crippen molar-refractivity contribution in [3.63, 3.8) is 0 Å². The van der Waals surface area contributed by atoms with Gasteiger partial charge in [-0.1, -0.05) is 18.2 Å². The number of benzene rings is 2. The molecule has 2 aromatic rings. The van der Waals surface area contributed by atoms with Crippen molar-refractivity contribution in [2.75, 3.05) is 18.5 Å². The second-order valence-corrected chi connectivity index (χ2v) is 6.05. The van der Waals surface area contributed by atoms with Crippen molar-refractivity contribution in [1.29, 1.82) is 0 Å². The van der Waals surface area contributed by atoms with Gasteiger partial charge < -0.3 is 20.1 Å². The molecule has 1 aliphatic rings. The number of hydrogen-bond acceptors (Lipinski definition) is 3. The largest absolute Gasteiger partial charge is 0.489 e. The number of amides is 2. The van der Waals surface area contributed by atoms with Gasteiger partial charge in [0.05, 0.1) is 12.6 Å². The molecule has 3 rings (SSSR count). The number of nitrogens with one attached hydrogen (secondary N) is 1. The van der Waals surface area contributed by atoms with E-state index in [2.05, 4.69) is 5.32 Å². The number of likely N-dealkylation sites (tertiary alicyclic amines) is 1. The minimum absolute atomic E-state index is 0.0196. The monoisotopic (exact) mass is 344 g/mol. The van der Waals surface area contributed by atoms with Crippen molar-refractivity contribution in [1.82, 2.24) is 4.90 Å². The topological polar surface area (TPSA) is 61.8 Å². The van der Waals surface area contributed by atoms with Crippen LogP contribution in [0.5, 0.6) is 5.75 Å². The molecule has 1 atom stereocenters. The third-order valence-electron chi connectivity index (χ3n) is 4.25. The summed E-state index contributed by atoms with van der Waals surface area (Å²) in [6, 6.07) is 12.9. The molecule has 25 heavy (non-hydrogen) atoms. The zero-order chi connectivity index (χ0) is 17.6. The average molecular weight is 344 g/mol. The number of rotatable bonds is 5. The number of halogens is 1. The first-order chi connectivity index (χ1) is 12.2. The summed E-state index contributed by atoms with van der Waals surface area (Å²) in [5.41, 5.74) is 1.49. The summed E-state index contributed by atoms with van der Waals surface area (Å²) in [7, 11) is 0. The Morgan fingerprint density at radius 1 is 1.28 bits per heavy atom. The first kappa shape index (κ1) is 17.2. The quantitative estimate of drug-likeness (QED) is 0.874. The molecule has 132 valence electrons. The van der Waals surface area contributed by atoms with E-state index in [-0.39, 0.29) is 24.5 Å². The molecule has 0 radical (unpaired) electrons. The van der Waals surface area contributed by atoms with E-state index < -0.39 is 0 Å². The van der Waals surface area contributed by atoms with Crippen molar-refractivity contribution in [2.45, 2.75) is 25.5 Å². The fourth-order valence-electron chi connectivity index (χ4n) is 2.90. The minimum atomic E-state index is -0.281. The van der Waals surface area contributed by atoms with Crippen LogP contribution < -0.4 is 10.1 Å². The van der Waals surface area contributed by atoms with Crippen molar-refractivity contribution >= 4 is 11.7 Å². The molecule has 2 N–H and O–H groups in total. The van der Waals surface area contributed by atoms with Gasteiger partial charge in [-0.2, -0.15) is 0 Å². The van der Waals surface area contributed by atoms with Crippen LogP contribution >= 0.6 is 0 Å². The molecule has 0 aromatic heterocycles. The lowest BCUT2D eigenvalue weighted by molar-refractivity contribution is 0.166. The highest BCUT2D eigenvalue weighted by molar-refractivity contribution is 5.89. The fraction of sp³-hybridized carbons (Fsp3) is 0.316. The maximum absolute atomic E-state index is 12.9. The molecule has 2 amide bonds. The van der Waals surface area contributed by atoms with Gasteiger partial charge in [-0.05, 0) is 42.7 Å². The van der Waals surface area contributed by atoms with Gasteiger partial charge in [-0.3, -0.25) is 0 Å². The van der Waals surface area contributed by atoms with Gasteiger partial charge in [-0.25, -0.2) is 9.18 Å². The van der Waals surface area contributed by atoms with Crippen molar-refractivity contribution in [3.05, 3.63) is 59.9 Å². The van der Waals surface area contributed by atoms with Gasteiger partial charge >= 0.3 is 6.03 Å². The molecule has 1 aliphatic heterocycles. The number of anilines is 1. The first-order valence-corrected chi connectivity index (χ1v) is 8.31. The SMILES string of the molecule is O=C(Nc1cccc(OCc2ccc(F)cc2)c1)N1CCC[C@H]1CO. The summed E-state index contributed by atoms with van der Waals surface area (Å²) < 4.78 is 18.6. The van der Waals surface area contributed by atoms with Gasteiger partial charge in [0, 0.05) is 18.3 Å².